The summed E-state index contributed by atoms with van der Waals surface area (Å²) in [4.78, 5) is 18.8. The van der Waals surface area contributed by atoms with E-state index in [1.807, 2.05) is 0 Å². The lowest BCUT2D eigenvalue weighted by Crippen LogP contribution is -2.19. The van der Waals surface area contributed by atoms with Crippen molar-refractivity contribution in [3.05, 3.63) is 42.0 Å². The zero-order valence-corrected chi connectivity index (χ0v) is 11.0. The molecule has 0 radical (unpaired) electrons. The highest BCUT2D eigenvalue weighted by Crippen LogP contribution is 2.31. The van der Waals surface area contributed by atoms with Gasteiger partial charge in [0.05, 0.1) is 0 Å². The number of carbonyl (C=O) groups is 1. The van der Waals surface area contributed by atoms with Crippen LogP contribution in [0.25, 0.3) is 11.1 Å². The van der Waals surface area contributed by atoms with Crippen LogP contribution in [0.5, 0.6) is 5.75 Å². The molecule has 7 heteroatoms. The van der Waals surface area contributed by atoms with Gasteiger partial charge in [-0.1, -0.05) is 0 Å². The van der Waals surface area contributed by atoms with Crippen LogP contribution in [-0.2, 0) is 0 Å². The zero-order chi connectivity index (χ0) is 15.5. The quantitative estimate of drug-likeness (QED) is 0.813. The monoisotopic (exact) mass is 296 g/mol. The minimum Gasteiger partial charge on any atom is -0.483 e. The highest BCUT2D eigenvalue weighted by molar-refractivity contribution is 5.81. The maximum absolute atomic E-state index is 12.3. The van der Waals surface area contributed by atoms with Crippen LogP contribution in [0.2, 0.25) is 0 Å². The molecule has 4 nitrogen and oxygen atoms in total. The lowest BCUT2D eigenvalue weighted by Gasteiger charge is -2.13. The number of ether oxygens (including phenoxy) is 1. The van der Waals surface area contributed by atoms with E-state index >= 15 is 0 Å². The van der Waals surface area contributed by atoms with Crippen molar-refractivity contribution in [3.63, 3.8) is 0 Å². The molecule has 110 valence electrons. The average Bonchev–Trinajstić information content (AvgIpc) is 2.45. The molecule has 0 saturated heterocycles. The van der Waals surface area contributed by atoms with E-state index in [0.29, 0.717) is 28.8 Å². The molecule has 2 rings (SSSR count). The molecule has 0 fully saturated rings. The van der Waals surface area contributed by atoms with E-state index in [1.165, 1.54) is 30.6 Å². The zero-order valence-electron chi connectivity index (χ0n) is 11.0. The number of carbonyl (C=O) groups excluding carboxylic acids is 1. The van der Waals surface area contributed by atoms with Gasteiger partial charge < -0.3 is 4.74 Å². The first-order valence-electron chi connectivity index (χ1n) is 5.97. The van der Waals surface area contributed by atoms with Crippen LogP contribution in [0.4, 0.5) is 13.2 Å². The van der Waals surface area contributed by atoms with Gasteiger partial charge in [-0.05, 0) is 25.1 Å². The van der Waals surface area contributed by atoms with E-state index in [4.69, 9.17) is 4.74 Å². The molecule has 0 unspecified atom stereocenters. The highest BCUT2D eigenvalue weighted by Gasteiger charge is 2.29. The minimum atomic E-state index is -4.44. The van der Waals surface area contributed by atoms with E-state index in [9.17, 15) is 18.0 Å². The molecule has 21 heavy (non-hydrogen) atoms. The molecule has 1 aromatic heterocycles. The summed E-state index contributed by atoms with van der Waals surface area (Å²) in [5.41, 5.74) is 1.13. The smallest absolute Gasteiger partial charge is 0.422 e. The Kier molecular flexibility index (Phi) is 4.21. The maximum Gasteiger partial charge on any atom is 0.422 e. The van der Waals surface area contributed by atoms with Gasteiger partial charge >= 0.3 is 6.18 Å². The van der Waals surface area contributed by atoms with Crippen LogP contribution in [0.1, 0.15) is 16.2 Å². The van der Waals surface area contributed by atoms with Crippen molar-refractivity contribution >= 4 is 6.29 Å². The number of benzene rings is 1. The first kappa shape index (κ1) is 15.0. The van der Waals surface area contributed by atoms with Crippen molar-refractivity contribution in [1.29, 1.82) is 0 Å². The van der Waals surface area contributed by atoms with Crippen molar-refractivity contribution in [2.45, 2.75) is 13.1 Å². The average molecular weight is 296 g/mol. The molecule has 0 N–H and O–H groups in total. The van der Waals surface area contributed by atoms with E-state index in [1.54, 1.807) is 6.92 Å². The standard InChI is InChI=1S/C14H11F3N2O2/c1-9-18-5-11(6-19-9)12-4-10(7-20)2-3-13(12)21-8-14(15,16)17/h2-7H,8H2,1H3. The summed E-state index contributed by atoms with van der Waals surface area (Å²) >= 11 is 0. The summed E-state index contributed by atoms with van der Waals surface area (Å²) in [5, 5.41) is 0. The van der Waals surface area contributed by atoms with Gasteiger partial charge in [0.15, 0.2) is 6.61 Å². The minimum absolute atomic E-state index is 0.0189. The molecule has 1 aromatic carbocycles. The SMILES string of the molecule is Cc1ncc(-c2cc(C=O)ccc2OCC(F)(F)F)cn1. The Hall–Kier alpha value is -2.44. The van der Waals surface area contributed by atoms with Gasteiger partial charge in [-0.25, -0.2) is 9.97 Å². The number of alkyl halides is 3. The Morgan fingerprint density at radius 1 is 1.24 bits per heavy atom. The number of halogens is 3. The molecule has 0 aliphatic carbocycles. The Balaban J connectivity index is 2.40. The second-order valence-corrected chi connectivity index (χ2v) is 4.30. The predicted molar refractivity (Wildman–Crippen MR) is 69.1 cm³/mol. The third kappa shape index (κ3) is 4.01. The molecule has 0 spiro atoms. The second kappa shape index (κ2) is 5.90. The second-order valence-electron chi connectivity index (χ2n) is 4.30. The lowest BCUT2D eigenvalue weighted by molar-refractivity contribution is -0.153. The van der Waals surface area contributed by atoms with Crippen molar-refractivity contribution in [1.82, 2.24) is 9.97 Å². The molecule has 0 aliphatic heterocycles. The summed E-state index contributed by atoms with van der Waals surface area (Å²) in [7, 11) is 0. The fourth-order valence-corrected chi connectivity index (χ4v) is 1.66. The fraction of sp³-hybridized carbons (Fsp3) is 0.214. The van der Waals surface area contributed by atoms with E-state index in [2.05, 4.69) is 9.97 Å². The number of nitrogens with zero attached hydrogens (tertiary/aromatic N) is 2. The van der Waals surface area contributed by atoms with Gasteiger partial charge in [0.1, 0.15) is 17.9 Å². The van der Waals surface area contributed by atoms with Gasteiger partial charge in [-0.15, -0.1) is 0 Å². The third-order valence-corrected chi connectivity index (χ3v) is 2.62. The molecule has 2 aromatic rings. The summed E-state index contributed by atoms with van der Waals surface area (Å²) in [6.45, 7) is 0.278. The van der Waals surface area contributed by atoms with Gasteiger partial charge in [0, 0.05) is 29.1 Å². The molecule has 0 aliphatic rings. The van der Waals surface area contributed by atoms with Crippen molar-refractivity contribution in [2.75, 3.05) is 6.61 Å². The molecule has 0 saturated carbocycles. The molecular formula is C14H11F3N2O2. The predicted octanol–water partition coefficient (Wildman–Crippen LogP) is 3.21. The van der Waals surface area contributed by atoms with Crippen LogP contribution in [0.3, 0.4) is 0 Å². The van der Waals surface area contributed by atoms with E-state index < -0.39 is 12.8 Å². The lowest BCUT2D eigenvalue weighted by atomic mass is 10.0. The van der Waals surface area contributed by atoms with Crippen LogP contribution in [0.15, 0.2) is 30.6 Å². The van der Waals surface area contributed by atoms with E-state index in [-0.39, 0.29) is 5.75 Å². The highest BCUT2D eigenvalue weighted by atomic mass is 19.4. The number of hydrogen-bond donors (Lipinski definition) is 0. The van der Waals surface area contributed by atoms with Gasteiger partial charge in [0.2, 0.25) is 0 Å². The number of aldehydes is 1. The van der Waals surface area contributed by atoms with Crippen molar-refractivity contribution in [2.24, 2.45) is 0 Å². The Labute approximate surface area is 118 Å². The maximum atomic E-state index is 12.3. The first-order chi connectivity index (χ1) is 9.89. The summed E-state index contributed by atoms with van der Waals surface area (Å²) in [6, 6.07) is 4.15. The van der Waals surface area contributed by atoms with Gasteiger partial charge in [-0.3, -0.25) is 4.79 Å². The number of hydrogen-bond acceptors (Lipinski definition) is 4. The molecule has 0 atom stereocenters. The van der Waals surface area contributed by atoms with E-state index in [0.717, 1.165) is 0 Å². The van der Waals surface area contributed by atoms with Gasteiger partial charge in [0.25, 0.3) is 0 Å². The topological polar surface area (TPSA) is 52.1 Å². The van der Waals surface area contributed by atoms with Crippen LogP contribution >= 0.6 is 0 Å². The van der Waals surface area contributed by atoms with Crippen LogP contribution < -0.4 is 4.74 Å². The van der Waals surface area contributed by atoms with Crippen LogP contribution in [0, 0.1) is 6.92 Å². The summed E-state index contributed by atoms with van der Waals surface area (Å²) in [5.74, 6) is 0.549. The largest absolute Gasteiger partial charge is 0.483 e. The Morgan fingerprint density at radius 2 is 1.90 bits per heavy atom. The number of aryl methyl sites for hydroxylation is 1. The summed E-state index contributed by atoms with van der Waals surface area (Å²) in [6.07, 6.45) is -0.907. The molecular weight excluding hydrogens is 285 g/mol. The molecule has 0 bridgehead atoms. The number of aromatic nitrogens is 2. The summed E-state index contributed by atoms with van der Waals surface area (Å²) < 4.78 is 41.6. The Bertz CT molecular complexity index is 640. The van der Waals surface area contributed by atoms with Crippen LogP contribution in [-0.4, -0.2) is 29.0 Å². The number of rotatable bonds is 4. The molecule has 1 heterocycles. The van der Waals surface area contributed by atoms with Gasteiger partial charge in [-0.2, -0.15) is 13.2 Å². The fourth-order valence-electron chi connectivity index (χ4n) is 1.66. The normalized spacial score (nSPS) is 11.2. The van der Waals surface area contributed by atoms with Crippen molar-refractivity contribution < 1.29 is 22.7 Å². The van der Waals surface area contributed by atoms with Crippen molar-refractivity contribution in [3.8, 4) is 16.9 Å². The Morgan fingerprint density at radius 3 is 2.48 bits per heavy atom. The first-order valence-corrected chi connectivity index (χ1v) is 5.97. The third-order valence-electron chi connectivity index (χ3n) is 2.62. The molecule has 0 amide bonds.